The lowest BCUT2D eigenvalue weighted by Crippen LogP contribution is -2.26. The van der Waals surface area contributed by atoms with Crippen molar-refractivity contribution in [2.45, 2.75) is 66.2 Å². The van der Waals surface area contributed by atoms with Crippen LogP contribution >= 0.6 is 11.6 Å². The predicted octanol–water partition coefficient (Wildman–Crippen LogP) is 6.72. The SMILES string of the molecule is Cc1c(CNCCC(=O)OC(C)(C)C)cccc1-c1noc(-c2ccc3c(c2)c(Cl)cn3C(C)C)n1. The fourth-order valence-electron chi connectivity index (χ4n) is 4.15. The van der Waals surface area contributed by atoms with Crippen LogP contribution in [0.1, 0.15) is 58.2 Å². The van der Waals surface area contributed by atoms with Crippen molar-refractivity contribution in [2.75, 3.05) is 6.54 Å². The molecule has 0 amide bonds. The highest BCUT2D eigenvalue weighted by Crippen LogP contribution is 2.33. The second kappa shape index (κ2) is 10.4. The quantitative estimate of drug-likeness (QED) is 0.210. The third-order valence-electron chi connectivity index (χ3n) is 5.94. The Labute approximate surface area is 216 Å². The van der Waals surface area contributed by atoms with Gasteiger partial charge >= 0.3 is 5.97 Å². The number of carbonyl (C=O) groups excluding carboxylic acids is 1. The predicted molar refractivity (Wildman–Crippen MR) is 143 cm³/mol. The molecule has 0 unspecified atom stereocenters. The van der Waals surface area contributed by atoms with Gasteiger partial charge in [-0.3, -0.25) is 4.79 Å². The molecule has 8 heteroatoms. The molecule has 0 fully saturated rings. The van der Waals surface area contributed by atoms with E-state index >= 15 is 0 Å². The lowest BCUT2D eigenvalue weighted by atomic mass is 10.0. The van der Waals surface area contributed by atoms with E-state index in [-0.39, 0.29) is 5.97 Å². The summed E-state index contributed by atoms with van der Waals surface area (Å²) in [6.45, 7) is 13.1. The highest BCUT2D eigenvalue weighted by molar-refractivity contribution is 6.35. The van der Waals surface area contributed by atoms with Crippen molar-refractivity contribution in [1.29, 1.82) is 0 Å². The summed E-state index contributed by atoms with van der Waals surface area (Å²) >= 11 is 6.50. The second-order valence-electron chi connectivity index (χ2n) is 10.2. The summed E-state index contributed by atoms with van der Waals surface area (Å²) in [6.07, 6.45) is 2.27. The molecule has 0 aliphatic heterocycles. The van der Waals surface area contributed by atoms with Crippen LogP contribution in [0.25, 0.3) is 33.7 Å². The van der Waals surface area contributed by atoms with Crippen LogP contribution in [-0.4, -0.2) is 32.8 Å². The van der Waals surface area contributed by atoms with Crippen LogP contribution in [-0.2, 0) is 16.1 Å². The first-order valence-electron chi connectivity index (χ1n) is 12.2. The number of nitrogens with zero attached hydrogens (tertiary/aromatic N) is 3. The van der Waals surface area contributed by atoms with E-state index in [0.717, 1.165) is 33.2 Å². The molecule has 2 aromatic heterocycles. The molecule has 2 heterocycles. The fourth-order valence-corrected chi connectivity index (χ4v) is 4.40. The van der Waals surface area contributed by atoms with E-state index in [1.54, 1.807) is 0 Å². The number of esters is 1. The van der Waals surface area contributed by atoms with Crippen LogP contribution in [0.3, 0.4) is 0 Å². The maximum atomic E-state index is 11.9. The normalized spacial score (nSPS) is 12.0. The van der Waals surface area contributed by atoms with Crippen LogP contribution in [0.5, 0.6) is 0 Å². The maximum Gasteiger partial charge on any atom is 0.307 e. The molecule has 0 aliphatic carbocycles. The largest absolute Gasteiger partial charge is 0.460 e. The number of aromatic nitrogens is 3. The number of fused-ring (bicyclic) bond motifs is 1. The molecule has 2 aromatic carbocycles. The van der Waals surface area contributed by atoms with Gasteiger partial charge in [-0.2, -0.15) is 4.98 Å². The van der Waals surface area contributed by atoms with Gasteiger partial charge in [0.15, 0.2) is 0 Å². The molecule has 0 saturated carbocycles. The minimum atomic E-state index is -0.470. The summed E-state index contributed by atoms with van der Waals surface area (Å²) in [7, 11) is 0. The van der Waals surface area contributed by atoms with Crippen LogP contribution < -0.4 is 5.32 Å². The van der Waals surface area contributed by atoms with Gasteiger partial charge in [0, 0.05) is 47.4 Å². The van der Waals surface area contributed by atoms with Crippen molar-refractivity contribution in [3.8, 4) is 22.8 Å². The first kappa shape index (κ1) is 25.9. The van der Waals surface area contributed by atoms with Crippen LogP contribution in [0, 0.1) is 6.92 Å². The Morgan fingerprint density at radius 1 is 1.22 bits per heavy atom. The van der Waals surface area contributed by atoms with Crippen molar-refractivity contribution < 1.29 is 14.1 Å². The molecule has 0 spiro atoms. The number of ether oxygens (including phenoxy) is 1. The van der Waals surface area contributed by atoms with Crippen LogP contribution in [0.2, 0.25) is 5.02 Å². The molecule has 0 radical (unpaired) electrons. The number of halogens is 1. The van der Waals surface area contributed by atoms with E-state index in [2.05, 4.69) is 39.9 Å². The molecule has 0 saturated heterocycles. The lowest BCUT2D eigenvalue weighted by Gasteiger charge is -2.19. The molecule has 4 aromatic rings. The molecule has 0 bridgehead atoms. The third-order valence-corrected chi connectivity index (χ3v) is 6.24. The molecular formula is C28H33ClN4O3. The summed E-state index contributed by atoms with van der Waals surface area (Å²) in [5, 5.41) is 9.22. The monoisotopic (exact) mass is 508 g/mol. The Kier molecular flexibility index (Phi) is 7.52. The zero-order valence-corrected chi connectivity index (χ0v) is 22.4. The first-order valence-corrected chi connectivity index (χ1v) is 12.6. The van der Waals surface area contributed by atoms with E-state index in [1.807, 2.05) is 64.2 Å². The Morgan fingerprint density at radius 3 is 2.72 bits per heavy atom. The molecular weight excluding hydrogens is 476 g/mol. The summed E-state index contributed by atoms with van der Waals surface area (Å²) in [6, 6.07) is 12.3. The number of nitrogens with one attached hydrogen (secondary N) is 1. The van der Waals surface area contributed by atoms with E-state index in [0.29, 0.717) is 42.3 Å². The van der Waals surface area contributed by atoms with Crippen LogP contribution in [0.15, 0.2) is 47.1 Å². The topological polar surface area (TPSA) is 82.2 Å². The van der Waals surface area contributed by atoms with Crippen molar-refractivity contribution in [3.63, 3.8) is 0 Å². The van der Waals surface area contributed by atoms with Crippen molar-refractivity contribution in [2.24, 2.45) is 0 Å². The Hall–Kier alpha value is -3.16. The highest BCUT2D eigenvalue weighted by atomic mass is 35.5. The Bertz CT molecular complexity index is 1380. The fraction of sp³-hybridized carbons (Fsp3) is 0.393. The second-order valence-corrected chi connectivity index (χ2v) is 10.6. The molecule has 1 N–H and O–H groups in total. The molecule has 0 atom stereocenters. The van der Waals surface area contributed by atoms with Gasteiger partial charge in [0.2, 0.25) is 5.82 Å². The third kappa shape index (κ3) is 5.79. The molecule has 0 aliphatic rings. The van der Waals surface area contributed by atoms with E-state index in [1.165, 1.54) is 0 Å². The molecule has 7 nitrogen and oxygen atoms in total. The molecule has 4 rings (SSSR count). The van der Waals surface area contributed by atoms with E-state index in [4.69, 9.17) is 20.9 Å². The first-order chi connectivity index (χ1) is 17.0. The molecule has 190 valence electrons. The summed E-state index contributed by atoms with van der Waals surface area (Å²) in [5.41, 5.74) is 4.49. The smallest absolute Gasteiger partial charge is 0.307 e. The zero-order chi connectivity index (χ0) is 26.0. The van der Waals surface area contributed by atoms with Gasteiger partial charge in [-0.25, -0.2) is 0 Å². The van der Waals surface area contributed by atoms with Gasteiger partial charge in [-0.15, -0.1) is 0 Å². The van der Waals surface area contributed by atoms with Crippen molar-refractivity contribution in [3.05, 3.63) is 58.7 Å². The van der Waals surface area contributed by atoms with Gasteiger partial charge in [0.25, 0.3) is 5.89 Å². The van der Waals surface area contributed by atoms with Gasteiger partial charge in [0.05, 0.1) is 11.4 Å². The van der Waals surface area contributed by atoms with Crippen molar-refractivity contribution in [1.82, 2.24) is 20.0 Å². The van der Waals surface area contributed by atoms with E-state index in [9.17, 15) is 4.79 Å². The maximum absolute atomic E-state index is 11.9. The van der Waals surface area contributed by atoms with E-state index < -0.39 is 5.60 Å². The number of hydrogen-bond donors (Lipinski definition) is 1. The number of hydrogen-bond acceptors (Lipinski definition) is 6. The summed E-state index contributed by atoms with van der Waals surface area (Å²) < 4.78 is 13.1. The zero-order valence-electron chi connectivity index (χ0n) is 21.7. The number of benzene rings is 2. The average molecular weight is 509 g/mol. The highest BCUT2D eigenvalue weighted by Gasteiger charge is 2.18. The standard InChI is InChI=1S/C28H33ClN4O3/c1-17(2)33-16-23(29)22-14-19(10-11-24(22)33)27-31-26(32-36-27)21-9-7-8-20(18(21)3)15-30-13-12-25(34)35-28(4,5)6/h7-11,14,16-17,30H,12-13,15H2,1-6H3. The summed E-state index contributed by atoms with van der Waals surface area (Å²) in [5.74, 6) is 0.768. The minimum absolute atomic E-state index is 0.208. The summed E-state index contributed by atoms with van der Waals surface area (Å²) in [4.78, 5) is 16.6. The Morgan fingerprint density at radius 2 is 2.00 bits per heavy atom. The lowest BCUT2D eigenvalue weighted by molar-refractivity contribution is -0.154. The number of carbonyl (C=O) groups is 1. The average Bonchev–Trinajstić information content (AvgIpc) is 3.41. The molecule has 36 heavy (non-hydrogen) atoms. The van der Waals surface area contributed by atoms with Crippen LogP contribution in [0.4, 0.5) is 0 Å². The van der Waals surface area contributed by atoms with Gasteiger partial charge in [-0.1, -0.05) is 35.0 Å². The van der Waals surface area contributed by atoms with Gasteiger partial charge in [0.1, 0.15) is 5.60 Å². The minimum Gasteiger partial charge on any atom is -0.460 e. The number of rotatable bonds is 8. The van der Waals surface area contributed by atoms with Crippen molar-refractivity contribution >= 4 is 28.5 Å². The van der Waals surface area contributed by atoms with Gasteiger partial charge < -0.3 is 19.1 Å². The Balaban J connectivity index is 1.48. The van der Waals surface area contributed by atoms with Gasteiger partial charge in [-0.05, 0) is 70.9 Å².